The molecule has 1 aliphatic rings. The van der Waals surface area contributed by atoms with E-state index in [1.54, 1.807) is 7.11 Å². The summed E-state index contributed by atoms with van der Waals surface area (Å²) in [6.45, 7) is 0. The number of hydrogen-bond donors (Lipinski definition) is 0. The minimum Gasteiger partial charge on any atom is -0.493 e. The van der Waals surface area contributed by atoms with Gasteiger partial charge in [-0.05, 0) is 69.8 Å². The molecule has 6 rings (SSSR count). The third kappa shape index (κ3) is 3.41. The van der Waals surface area contributed by atoms with Crippen molar-refractivity contribution in [2.45, 2.75) is 5.41 Å². The van der Waals surface area contributed by atoms with Gasteiger partial charge in [0.05, 0.1) is 12.5 Å². The van der Waals surface area contributed by atoms with E-state index in [0.29, 0.717) is 11.5 Å². The van der Waals surface area contributed by atoms with Gasteiger partial charge in [-0.1, -0.05) is 96.5 Å². The van der Waals surface area contributed by atoms with Crippen LogP contribution < -0.4 is 9.47 Å². The second-order valence-electron chi connectivity index (χ2n) is 8.63. The van der Waals surface area contributed by atoms with Gasteiger partial charge in [-0.25, -0.2) is 0 Å². The molecule has 0 amide bonds. The van der Waals surface area contributed by atoms with Crippen molar-refractivity contribution in [2.24, 2.45) is 0 Å². The summed E-state index contributed by atoms with van der Waals surface area (Å²) in [5, 5.41) is 0.726. The highest BCUT2D eigenvalue weighted by molar-refractivity contribution is 6.30. The van der Waals surface area contributed by atoms with Crippen LogP contribution >= 0.6 is 11.6 Å². The van der Waals surface area contributed by atoms with Crippen molar-refractivity contribution in [1.29, 1.82) is 0 Å². The summed E-state index contributed by atoms with van der Waals surface area (Å²) in [4.78, 5) is 0. The second kappa shape index (κ2) is 8.65. The van der Waals surface area contributed by atoms with E-state index in [1.165, 1.54) is 27.8 Å². The van der Waals surface area contributed by atoms with Crippen molar-refractivity contribution in [3.63, 3.8) is 0 Å². The maximum atomic E-state index is 6.31. The Bertz CT molecular complexity index is 1510. The standard InChI is InChI=1S/C32H23ClO2/c1-34-30-13-7-8-14-31(30)35-25-19-20-29-27(21-25)26-11-5-6-12-28(26)32(29,22-9-3-2-4-10-22)23-15-17-24(33)18-16-23/h2-21H,1H3. The highest BCUT2D eigenvalue weighted by Crippen LogP contribution is 2.56. The van der Waals surface area contributed by atoms with Crippen molar-refractivity contribution < 1.29 is 9.47 Å². The number of ether oxygens (including phenoxy) is 2. The molecule has 0 saturated heterocycles. The molecule has 0 aromatic heterocycles. The summed E-state index contributed by atoms with van der Waals surface area (Å²) in [5.41, 5.74) is 6.77. The Morgan fingerprint density at radius 3 is 1.97 bits per heavy atom. The smallest absolute Gasteiger partial charge is 0.169 e. The first kappa shape index (κ1) is 21.5. The Kier molecular flexibility index (Phi) is 5.32. The van der Waals surface area contributed by atoms with E-state index in [1.807, 2.05) is 42.5 Å². The molecular weight excluding hydrogens is 452 g/mol. The minimum atomic E-state index is -0.458. The number of hydrogen-bond acceptors (Lipinski definition) is 2. The average Bonchev–Trinajstić information content (AvgIpc) is 3.21. The third-order valence-corrected chi connectivity index (χ3v) is 7.05. The quantitative estimate of drug-likeness (QED) is 0.249. The molecule has 0 spiro atoms. The van der Waals surface area contributed by atoms with Crippen LogP contribution in [-0.4, -0.2) is 7.11 Å². The lowest BCUT2D eigenvalue weighted by molar-refractivity contribution is 0.379. The van der Waals surface area contributed by atoms with Gasteiger partial charge in [-0.2, -0.15) is 0 Å². The van der Waals surface area contributed by atoms with Gasteiger partial charge in [-0.3, -0.25) is 0 Å². The fourth-order valence-corrected chi connectivity index (χ4v) is 5.46. The number of benzene rings is 5. The number of para-hydroxylation sites is 2. The van der Waals surface area contributed by atoms with E-state index in [9.17, 15) is 0 Å². The normalized spacial score (nSPS) is 15.8. The Labute approximate surface area is 210 Å². The number of methoxy groups -OCH3 is 1. The van der Waals surface area contributed by atoms with Crippen molar-refractivity contribution in [2.75, 3.05) is 7.11 Å². The lowest BCUT2D eigenvalue weighted by Gasteiger charge is -2.34. The molecule has 0 heterocycles. The molecule has 1 aliphatic carbocycles. The van der Waals surface area contributed by atoms with Crippen LogP contribution in [0.3, 0.4) is 0 Å². The third-order valence-electron chi connectivity index (χ3n) is 6.80. The van der Waals surface area contributed by atoms with Crippen LogP contribution in [0.5, 0.6) is 17.2 Å². The molecule has 1 unspecified atom stereocenters. The molecule has 2 nitrogen and oxygen atoms in total. The fourth-order valence-electron chi connectivity index (χ4n) is 5.33. The van der Waals surface area contributed by atoms with Crippen LogP contribution in [0.2, 0.25) is 5.02 Å². The molecule has 0 radical (unpaired) electrons. The van der Waals surface area contributed by atoms with Crippen LogP contribution in [0.4, 0.5) is 0 Å². The summed E-state index contributed by atoms with van der Waals surface area (Å²) in [7, 11) is 1.65. The Balaban J connectivity index is 1.60. The first-order valence-electron chi connectivity index (χ1n) is 11.6. The fraction of sp³-hybridized carbons (Fsp3) is 0.0625. The number of rotatable bonds is 5. The molecule has 170 valence electrons. The van der Waals surface area contributed by atoms with Crippen molar-refractivity contribution in [1.82, 2.24) is 0 Å². The monoisotopic (exact) mass is 474 g/mol. The van der Waals surface area contributed by atoms with Gasteiger partial charge < -0.3 is 9.47 Å². The summed E-state index contributed by atoms with van der Waals surface area (Å²) >= 11 is 6.31. The molecule has 0 saturated carbocycles. The first-order chi connectivity index (χ1) is 17.2. The summed E-state index contributed by atoms with van der Waals surface area (Å²) in [5.74, 6) is 2.16. The Morgan fingerprint density at radius 2 is 1.20 bits per heavy atom. The molecular formula is C32H23ClO2. The van der Waals surface area contributed by atoms with Crippen molar-refractivity contribution in [3.8, 4) is 28.4 Å². The van der Waals surface area contributed by atoms with Gasteiger partial charge in [0.15, 0.2) is 11.5 Å². The highest BCUT2D eigenvalue weighted by atomic mass is 35.5. The predicted octanol–water partition coefficient (Wildman–Crippen LogP) is 8.50. The van der Waals surface area contributed by atoms with Gasteiger partial charge in [0.1, 0.15) is 5.75 Å². The maximum Gasteiger partial charge on any atom is 0.169 e. The van der Waals surface area contributed by atoms with E-state index in [0.717, 1.165) is 16.3 Å². The van der Waals surface area contributed by atoms with E-state index < -0.39 is 5.41 Å². The Hall–Kier alpha value is -4.01. The van der Waals surface area contributed by atoms with Gasteiger partial charge in [0.25, 0.3) is 0 Å². The van der Waals surface area contributed by atoms with Crippen LogP contribution in [0.1, 0.15) is 22.3 Å². The first-order valence-corrected chi connectivity index (χ1v) is 12.0. The maximum absolute atomic E-state index is 6.31. The van der Waals surface area contributed by atoms with Crippen molar-refractivity contribution in [3.05, 3.63) is 149 Å². The van der Waals surface area contributed by atoms with Crippen LogP contribution in [0.15, 0.2) is 121 Å². The average molecular weight is 475 g/mol. The summed E-state index contributed by atoms with van der Waals surface area (Å²) < 4.78 is 11.8. The highest BCUT2D eigenvalue weighted by Gasteiger charge is 2.46. The number of fused-ring (bicyclic) bond motifs is 3. The van der Waals surface area contributed by atoms with Gasteiger partial charge in [0, 0.05) is 5.02 Å². The molecule has 3 heteroatoms. The zero-order chi connectivity index (χ0) is 23.8. The van der Waals surface area contributed by atoms with Crippen molar-refractivity contribution >= 4 is 11.6 Å². The van der Waals surface area contributed by atoms with E-state index in [-0.39, 0.29) is 0 Å². The zero-order valence-electron chi connectivity index (χ0n) is 19.2. The minimum absolute atomic E-state index is 0.458. The molecule has 5 aromatic rings. The molecule has 5 aromatic carbocycles. The predicted molar refractivity (Wildman–Crippen MR) is 142 cm³/mol. The van der Waals surface area contributed by atoms with E-state index in [2.05, 4.69) is 78.9 Å². The summed E-state index contributed by atoms with van der Waals surface area (Å²) in [6, 6.07) is 41.6. The molecule has 0 bridgehead atoms. The van der Waals surface area contributed by atoms with Gasteiger partial charge in [0.2, 0.25) is 0 Å². The van der Waals surface area contributed by atoms with E-state index >= 15 is 0 Å². The van der Waals surface area contributed by atoms with Crippen LogP contribution in [-0.2, 0) is 5.41 Å². The van der Waals surface area contributed by atoms with Crippen LogP contribution in [0, 0.1) is 0 Å². The lowest BCUT2D eigenvalue weighted by Crippen LogP contribution is -2.28. The van der Waals surface area contributed by atoms with Gasteiger partial charge in [-0.15, -0.1) is 0 Å². The topological polar surface area (TPSA) is 18.5 Å². The molecule has 0 aliphatic heterocycles. The largest absolute Gasteiger partial charge is 0.493 e. The van der Waals surface area contributed by atoms with E-state index in [4.69, 9.17) is 21.1 Å². The number of halogens is 1. The van der Waals surface area contributed by atoms with Gasteiger partial charge >= 0.3 is 0 Å². The zero-order valence-corrected chi connectivity index (χ0v) is 20.0. The SMILES string of the molecule is COc1ccccc1Oc1ccc2c(c1)-c1ccccc1C2(c1ccccc1)c1ccc(Cl)cc1. The second-order valence-corrected chi connectivity index (χ2v) is 9.07. The summed E-state index contributed by atoms with van der Waals surface area (Å²) in [6.07, 6.45) is 0. The lowest BCUT2D eigenvalue weighted by atomic mass is 9.68. The molecule has 1 atom stereocenters. The molecule has 0 N–H and O–H groups in total. The van der Waals surface area contributed by atoms with Crippen LogP contribution in [0.25, 0.3) is 11.1 Å². The Morgan fingerprint density at radius 1 is 0.571 bits per heavy atom. The molecule has 35 heavy (non-hydrogen) atoms. The molecule has 0 fully saturated rings.